The van der Waals surface area contributed by atoms with Crippen LogP contribution in [0.5, 0.6) is 17.2 Å². The summed E-state index contributed by atoms with van der Waals surface area (Å²) in [5, 5.41) is 8.99. The predicted molar refractivity (Wildman–Crippen MR) is 108 cm³/mol. The van der Waals surface area contributed by atoms with Gasteiger partial charge in [0.25, 0.3) is 5.56 Å². The Hall–Kier alpha value is -4.08. The number of methoxy groups -OCH3 is 2. The fourth-order valence-electron chi connectivity index (χ4n) is 3.03. The Labute approximate surface area is 175 Å². The number of halogens is 1. The van der Waals surface area contributed by atoms with E-state index in [2.05, 4.69) is 4.74 Å². The maximum Gasteiger partial charge on any atom is 0.511 e. The van der Waals surface area contributed by atoms with Gasteiger partial charge in [-0.2, -0.15) is 0 Å². The van der Waals surface area contributed by atoms with Gasteiger partial charge in [0.2, 0.25) is 5.75 Å². The van der Waals surface area contributed by atoms with Crippen LogP contribution in [0.25, 0.3) is 5.69 Å². The molecule has 9 nitrogen and oxygen atoms in total. The molecule has 0 fully saturated rings. The third-order valence-corrected chi connectivity index (χ3v) is 4.69. The lowest BCUT2D eigenvalue weighted by molar-refractivity contribution is 0.143. The Balaban J connectivity index is 2.24. The van der Waals surface area contributed by atoms with Crippen molar-refractivity contribution >= 4 is 6.16 Å². The van der Waals surface area contributed by atoms with Crippen molar-refractivity contribution in [2.24, 2.45) is 0 Å². The number of benzene rings is 2. The van der Waals surface area contributed by atoms with Crippen LogP contribution in [0.2, 0.25) is 0 Å². The highest BCUT2D eigenvalue weighted by Crippen LogP contribution is 2.28. The molecule has 3 aromatic rings. The average Bonchev–Trinajstić information content (AvgIpc) is 2.75. The van der Waals surface area contributed by atoms with Crippen LogP contribution in [0.1, 0.15) is 11.1 Å². The monoisotopic (exact) mass is 430 g/mol. The second kappa shape index (κ2) is 8.74. The van der Waals surface area contributed by atoms with Crippen LogP contribution >= 0.6 is 0 Å². The quantitative estimate of drug-likeness (QED) is 0.599. The van der Waals surface area contributed by atoms with Gasteiger partial charge in [0.1, 0.15) is 5.82 Å². The molecule has 0 spiro atoms. The molecular formula is C21H19FN2O7. The summed E-state index contributed by atoms with van der Waals surface area (Å²) >= 11 is 0. The summed E-state index contributed by atoms with van der Waals surface area (Å²) in [5.74, 6) is -0.365. The molecule has 0 aliphatic heterocycles. The van der Waals surface area contributed by atoms with Crippen LogP contribution in [0.4, 0.5) is 9.18 Å². The highest BCUT2D eigenvalue weighted by Gasteiger charge is 2.18. The van der Waals surface area contributed by atoms with Crippen molar-refractivity contribution in [3.63, 3.8) is 0 Å². The van der Waals surface area contributed by atoms with E-state index < -0.39 is 29.0 Å². The molecule has 1 heterocycles. The molecule has 1 aromatic heterocycles. The second-order valence-electron chi connectivity index (χ2n) is 6.47. The fourth-order valence-corrected chi connectivity index (χ4v) is 3.03. The predicted octanol–water partition coefficient (Wildman–Crippen LogP) is 2.57. The molecule has 0 bridgehead atoms. The van der Waals surface area contributed by atoms with E-state index in [-0.39, 0.29) is 17.8 Å². The van der Waals surface area contributed by atoms with E-state index in [9.17, 15) is 18.8 Å². The second-order valence-corrected chi connectivity index (χ2v) is 6.47. The van der Waals surface area contributed by atoms with Crippen LogP contribution < -0.4 is 25.5 Å². The summed E-state index contributed by atoms with van der Waals surface area (Å²) in [7, 11) is 2.86. The van der Waals surface area contributed by atoms with Crippen molar-refractivity contribution in [1.29, 1.82) is 0 Å². The molecule has 0 saturated carbocycles. The summed E-state index contributed by atoms with van der Waals surface area (Å²) in [6, 6.07) is 8.82. The first-order chi connectivity index (χ1) is 14.8. The highest BCUT2D eigenvalue weighted by molar-refractivity contribution is 5.60. The van der Waals surface area contributed by atoms with E-state index in [1.165, 1.54) is 45.4 Å². The topological polar surface area (TPSA) is 109 Å². The molecule has 0 aliphatic rings. The summed E-state index contributed by atoms with van der Waals surface area (Å²) in [6.07, 6.45) is -0.738. The molecule has 3 rings (SSSR count). The summed E-state index contributed by atoms with van der Waals surface area (Å²) in [4.78, 5) is 37.0. The third-order valence-electron chi connectivity index (χ3n) is 4.69. The Morgan fingerprint density at radius 2 is 1.77 bits per heavy atom. The lowest BCUT2D eigenvalue weighted by Gasteiger charge is -2.15. The number of rotatable bonds is 6. The lowest BCUT2D eigenvalue weighted by Crippen LogP contribution is -2.40. The smallest absolute Gasteiger partial charge is 0.493 e. The van der Waals surface area contributed by atoms with Crippen LogP contribution in [-0.2, 0) is 6.54 Å². The number of hydrogen-bond donors (Lipinski definition) is 1. The number of carbonyl (C=O) groups is 1. The first-order valence-corrected chi connectivity index (χ1v) is 9.00. The minimum atomic E-state index is -1.72. The number of ether oxygens (including phenoxy) is 3. The van der Waals surface area contributed by atoms with Gasteiger partial charge < -0.3 is 19.3 Å². The molecule has 1 N–H and O–H groups in total. The van der Waals surface area contributed by atoms with Gasteiger partial charge in [-0.1, -0.05) is 12.1 Å². The fraction of sp³-hybridized carbons (Fsp3) is 0.190. The highest BCUT2D eigenvalue weighted by atomic mass is 19.1. The van der Waals surface area contributed by atoms with E-state index in [0.717, 1.165) is 15.3 Å². The van der Waals surface area contributed by atoms with Crippen molar-refractivity contribution in [3.05, 3.63) is 80.4 Å². The minimum Gasteiger partial charge on any atom is -0.493 e. The largest absolute Gasteiger partial charge is 0.511 e. The van der Waals surface area contributed by atoms with Gasteiger partial charge in [-0.3, -0.25) is 13.9 Å². The van der Waals surface area contributed by atoms with E-state index in [1.807, 2.05) is 0 Å². The Morgan fingerprint density at radius 1 is 1.06 bits per heavy atom. The van der Waals surface area contributed by atoms with Gasteiger partial charge in [0, 0.05) is 6.07 Å². The zero-order valence-corrected chi connectivity index (χ0v) is 16.9. The molecule has 10 heteroatoms. The molecule has 0 radical (unpaired) electrons. The van der Waals surface area contributed by atoms with Crippen LogP contribution in [0.3, 0.4) is 0 Å². The molecule has 0 saturated heterocycles. The SMILES string of the molecule is COc1ccc(-n2cc(OC(=O)O)c(=O)n(Cc3cccc(F)c3C)c2=O)cc1OC. The van der Waals surface area contributed by atoms with Gasteiger partial charge >= 0.3 is 11.8 Å². The van der Waals surface area contributed by atoms with Gasteiger partial charge in [0.15, 0.2) is 11.5 Å². The van der Waals surface area contributed by atoms with Crippen molar-refractivity contribution < 1.29 is 28.5 Å². The van der Waals surface area contributed by atoms with E-state index in [0.29, 0.717) is 17.1 Å². The first-order valence-electron chi connectivity index (χ1n) is 9.00. The van der Waals surface area contributed by atoms with Crippen LogP contribution in [0, 0.1) is 12.7 Å². The molecule has 162 valence electrons. The van der Waals surface area contributed by atoms with Gasteiger partial charge in [-0.15, -0.1) is 0 Å². The number of aromatic nitrogens is 2. The summed E-state index contributed by atoms with van der Waals surface area (Å²) < 4.78 is 30.7. The zero-order valence-electron chi connectivity index (χ0n) is 16.9. The zero-order chi connectivity index (χ0) is 22.7. The summed E-state index contributed by atoms with van der Waals surface area (Å²) in [6.45, 7) is 1.23. The Bertz CT molecular complexity index is 1260. The van der Waals surface area contributed by atoms with Gasteiger partial charge in [0.05, 0.1) is 32.6 Å². The molecule has 0 aliphatic carbocycles. The van der Waals surface area contributed by atoms with Crippen molar-refractivity contribution in [3.8, 4) is 22.9 Å². The normalized spacial score (nSPS) is 10.6. The Morgan fingerprint density at radius 3 is 2.42 bits per heavy atom. The molecule has 31 heavy (non-hydrogen) atoms. The summed E-state index contributed by atoms with van der Waals surface area (Å²) in [5.41, 5.74) is -0.837. The third kappa shape index (κ3) is 4.27. The van der Waals surface area contributed by atoms with Crippen LogP contribution in [-0.4, -0.2) is 34.6 Å². The van der Waals surface area contributed by atoms with Crippen molar-refractivity contribution in [2.75, 3.05) is 14.2 Å². The number of hydrogen-bond acceptors (Lipinski definition) is 6. The van der Waals surface area contributed by atoms with Gasteiger partial charge in [-0.25, -0.2) is 14.0 Å². The average molecular weight is 430 g/mol. The standard InChI is InChI=1S/C21H19FN2O7/c1-12-13(5-4-6-15(12)22)10-24-19(25)18(31-21(27)28)11-23(20(24)26)14-7-8-16(29-2)17(9-14)30-3/h4-9,11H,10H2,1-3H3,(H,27,28). The maximum atomic E-state index is 13.9. The molecule has 0 amide bonds. The van der Waals surface area contributed by atoms with E-state index in [1.54, 1.807) is 12.1 Å². The first kappa shape index (κ1) is 21.6. The minimum absolute atomic E-state index is 0.260. The van der Waals surface area contributed by atoms with Crippen molar-refractivity contribution in [2.45, 2.75) is 13.5 Å². The van der Waals surface area contributed by atoms with Crippen molar-refractivity contribution in [1.82, 2.24) is 9.13 Å². The van der Waals surface area contributed by atoms with Gasteiger partial charge in [-0.05, 0) is 36.2 Å². The number of carboxylic acid groups (broad SMARTS) is 1. The molecular weight excluding hydrogens is 411 g/mol. The molecule has 0 atom stereocenters. The van der Waals surface area contributed by atoms with E-state index >= 15 is 0 Å². The Kier molecular flexibility index (Phi) is 6.10. The molecule has 2 aromatic carbocycles. The maximum absolute atomic E-state index is 13.9. The number of nitrogens with zero attached hydrogens (tertiary/aromatic N) is 2. The lowest BCUT2D eigenvalue weighted by atomic mass is 10.1. The van der Waals surface area contributed by atoms with Crippen LogP contribution in [0.15, 0.2) is 52.2 Å². The van der Waals surface area contributed by atoms with E-state index in [4.69, 9.17) is 14.6 Å². The molecule has 0 unspecified atom stereocenters.